The molecule has 2 rings (SSSR count). The minimum absolute atomic E-state index is 0.0230. The first-order valence-corrected chi connectivity index (χ1v) is 12.1. The molecule has 2 aromatic rings. The lowest BCUT2D eigenvalue weighted by Crippen LogP contribution is -2.31. The van der Waals surface area contributed by atoms with Gasteiger partial charge in [0.15, 0.2) is 9.84 Å². The normalized spacial score (nSPS) is 11.5. The predicted octanol–water partition coefficient (Wildman–Crippen LogP) is 3.35. The quantitative estimate of drug-likeness (QED) is 0.552. The first-order valence-electron chi connectivity index (χ1n) is 9.08. The van der Waals surface area contributed by atoms with Crippen molar-refractivity contribution in [2.75, 3.05) is 23.8 Å². The highest BCUT2D eigenvalue weighted by Gasteiger charge is 2.22. The first-order chi connectivity index (χ1) is 13.3. The lowest BCUT2D eigenvalue weighted by molar-refractivity contribution is -0.118. The number of nitrogens with one attached hydrogen (secondary N) is 1. The number of halogens is 1. The second-order valence-electron chi connectivity index (χ2n) is 6.35. The molecule has 0 bridgehead atoms. The van der Waals surface area contributed by atoms with E-state index in [9.17, 15) is 17.6 Å². The van der Waals surface area contributed by atoms with E-state index in [1.807, 2.05) is 11.8 Å². The molecule has 0 unspecified atom stereocenters. The molecule has 0 saturated heterocycles. The van der Waals surface area contributed by atoms with Crippen molar-refractivity contribution in [3.8, 4) is 11.5 Å². The smallest absolute Gasteiger partial charge is 0.235 e. The number of sulfone groups is 1. The molecule has 1 aromatic heterocycles. The van der Waals surface area contributed by atoms with Gasteiger partial charge in [-0.25, -0.2) is 17.8 Å². The van der Waals surface area contributed by atoms with Crippen molar-refractivity contribution in [2.45, 2.75) is 32.4 Å². The number of hydrogen-bond donors (Lipinski definition) is 1. The molecule has 1 N–H and O–H groups in total. The Bertz CT molecular complexity index is 897. The Hall–Kier alpha value is -1.87. The van der Waals surface area contributed by atoms with E-state index in [0.717, 1.165) is 24.3 Å². The van der Waals surface area contributed by atoms with Crippen molar-refractivity contribution >= 4 is 27.5 Å². The van der Waals surface area contributed by atoms with E-state index >= 15 is 0 Å². The Balaban J connectivity index is 1.92. The van der Waals surface area contributed by atoms with E-state index in [1.54, 1.807) is 19.1 Å². The van der Waals surface area contributed by atoms with Crippen molar-refractivity contribution < 1.29 is 22.0 Å². The summed E-state index contributed by atoms with van der Waals surface area (Å²) in [5.41, 5.74) is 0.343. The average molecular weight is 429 g/mol. The molecule has 1 heterocycles. The van der Waals surface area contributed by atoms with Crippen LogP contribution in [0, 0.1) is 12.7 Å². The molecule has 0 aliphatic heterocycles. The number of carbonyl (C=O) groups excluding carboxylic acids is 1. The van der Waals surface area contributed by atoms with Crippen LogP contribution in [0.15, 0.2) is 28.7 Å². The Kier molecular flexibility index (Phi) is 8.50. The van der Waals surface area contributed by atoms with Crippen LogP contribution in [0.25, 0.3) is 11.5 Å². The van der Waals surface area contributed by atoms with Gasteiger partial charge in [-0.1, -0.05) is 19.1 Å². The summed E-state index contributed by atoms with van der Waals surface area (Å²) in [6.45, 7) is 4.12. The lowest BCUT2D eigenvalue weighted by Gasteiger charge is -2.06. The molecule has 154 valence electrons. The van der Waals surface area contributed by atoms with Gasteiger partial charge in [-0.3, -0.25) is 4.79 Å². The Morgan fingerprint density at radius 1 is 1.29 bits per heavy atom. The number of carbonyl (C=O) groups is 1. The van der Waals surface area contributed by atoms with Gasteiger partial charge < -0.3 is 9.73 Å². The maximum absolute atomic E-state index is 13.9. The summed E-state index contributed by atoms with van der Waals surface area (Å²) < 4.78 is 44.0. The van der Waals surface area contributed by atoms with E-state index in [4.69, 9.17) is 4.42 Å². The van der Waals surface area contributed by atoms with Crippen LogP contribution in [0.2, 0.25) is 0 Å². The third-order valence-electron chi connectivity index (χ3n) is 3.84. The van der Waals surface area contributed by atoms with Gasteiger partial charge in [-0.2, -0.15) is 11.8 Å². The highest BCUT2D eigenvalue weighted by molar-refractivity contribution is 7.99. The summed E-state index contributed by atoms with van der Waals surface area (Å²) in [5, 5.41) is 2.63. The fraction of sp³-hybridized carbons (Fsp3) is 0.474. The maximum atomic E-state index is 13.9. The van der Waals surface area contributed by atoms with Crippen LogP contribution in [-0.4, -0.2) is 43.1 Å². The van der Waals surface area contributed by atoms with E-state index in [-0.39, 0.29) is 22.9 Å². The molecule has 0 saturated carbocycles. The summed E-state index contributed by atoms with van der Waals surface area (Å²) in [4.78, 5) is 16.0. The molecule has 0 spiro atoms. The second-order valence-corrected chi connectivity index (χ2v) is 9.64. The molecule has 0 radical (unpaired) electrons. The minimum atomic E-state index is -3.72. The van der Waals surface area contributed by atoms with Crippen molar-refractivity contribution in [2.24, 2.45) is 0 Å². The molecule has 6 nitrogen and oxygen atoms in total. The average Bonchev–Trinajstić information content (AvgIpc) is 2.97. The Labute approximate surface area is 169 Å². The molecular formula is C19H25FN2O4S2. The summed E-state index contributed by atoms with van der Waals surface area (Å²) in [7, 11) is -3.72. The molecule has 28 heavy (non-hydrogen) atoms. The molecule has 0 atom stereocenters. The van der Waals surface area contributed by atoms with Crippen molar-refractivity contribution in [1.82, 2.24) is 10.3 Å². The molecule has 1 amide bonds. The van der Waals surface area contributed by atoms with Crippen LogP contribution in [0.4, 0.5) is 4.39 Å². The van der Waals surface area contributed by atoms with E-state index in [0.29, 0.717) is 6.54 Å². The highest BCUT2D eigenvalue weighted by Crippen LogP contribution is 2.25. The Morgan fingerprint density at radius 3 is 2.75 bits per heavy atom. The standard InChI is InChI=1S/C19H25FN2O4S2/c1-3-10-27-11-6-9-21-18(23)13-28(24,25)12-17-14(2)26-19(22-17)15-7-4-5-8-16(15)20/h4-5,7-8H,3,6,9-13H2,1-2H3,(H,21,23). The number of hydrogen-bond acceptors (Lipinski definition) is 6. The molecule has 0 aliphatic carbocycles. The van der Waals surface area contributed by atoms with Gasteiger partial charge in [0.05, 0.1) is 17.0 Å². The molecule has 0 fully saturated rings. The number of aryl methyl sites for hydroxylation is 1. The zero-order chi connectivity index (χ0) is 20.6. The summed E-state index contributed by atoms with van der Waals surface area (Å²) >= 11 is 1.81. The minimum Gasteiger partial charge on any atom is -0.441 e. The van der Waals surface area contributed by atoms with Crippen LogP contribution < -0.4 is 5.32 Å². The fourth-order valence-corrected chi connectivity index (χ4v) is 4.60. The van der Waals surface area contributed by atoms with Crippen LogP contribution in [0.1, 0.15) is 31.2 Å². The third kappa shape index (κ3) is 6.94. The predicted molar refractivity (Wildman–Crippen MR) is 109 cm³/mol. The van der Waals surface area contributed by atoms with Crippen molar-refractivity contribution in [1.29, 1.82) is 0 Å². The van der Waals surface area contributed by atoms with Crippen LogP contribution in [0.3, 0.4) is 0 Å². The maximum Gasteiger partial charge on any atom is 0.235 e. The van der Waals surface area contributed by atoms with E-state index < -0.39 is 33.1 Å². The van der Waals surface area contributed by atoms with Gasteiger partial charge in [0.1, 0.15) is 17.3 Å². The van der Waals surface area contributed by atoms with E-state index in [2.05, 4.69) is 17.2 Å². The molecule has 0 aliphatic rings. The number of amides is 1. The van der Waals surface area contributed by atoms with Crippen molar-refractivity contribution in [3.05, 3.63) is 41.5 Å². The zero-order valence-electron chi connectivity index (χ0n) is 16.0. The van der Waals surface area contributed by atoms with Gasteiger partial charge in [0, 0.05) is 6.54 Å². The largest absolute Gasteiger partial charge is 0.441 e. The second kappa shape index (κ2) is 10.6. The molecular weight excluding hydrogens is 403 g/mol. The van der Waals surface area contributed by atoms with Gasteiger partial charge >= 0.3 is 0 Å². The summed E-state index contributed by atoms with van der Waals surface area (Å²) in [5.74, 6) is 0.231. The lowest BCUT2D eigenvalue weighted by atomic mass is 10.2. The number of thioether (sulfide) groups is 1. The highest BCUT2D eigenvalue weighted by atomic mass is 32.2. The Morgan fingerprint density at radius 2 is 2.04 bits per heavy atom. The van der Waals surface area contributed by atoms with Crippen molar-refractivity contribution in [3.63, 3.8) is 0 Å². The number of nitrogens with zero attached hydrogens (tertiary/aromatic N) is 1. The van der Waals surface area contributed by atoms with Crippen LogP contribution in [-0.2, 0) is 20.4 Å². The molecule has 1 aromatic carbocycles. The summed E-state index contributed by atoms with van der Waals surface area (Å²) in [6, 6.07) is 5.96. The fourth-order valence-electron chi connectivity index (χ4n) is 2.47. The first kappa shape index (κ1) is 22.4. The SMILES string of the molecule is CCCSCCCNC(=O)CS(=O)(=O)Cc1nc(-c2ccccc2F)oc1C. The van der Waals surface area contributed by atoms with Crippen LogP contribution in [0.5, 0.6) is 0 Å². The van der Waals surface area contributed by atoms with Gasteiger partial charge in [-0.05, 0) is 43.4 Å². The van der Waals surface area contributed by atoms with E-state index in [1.165, 1.54) is 12.1 Å². The third-order valence-corrected chi connectivity index (χ3v) is 6.53. The zero-order valence-corrected chi connectivity index (χ0v) is 17.7. The number of benzene rings is 1. The van der Waals surface area contributed by atoms with Gasteiger partial charge in [-0.15, -0.1) is 0 Å². The topological polar surface area (TPSA) is 89.3 Å². The molecule has 9 heteroatoms. The number of aromatic nitrogens is 1. The summed E-state index contributed by atoms with van der Waals surface area (Å²) in [6.07, 6.45) is 1.90. The monoisotopic (exact) mass is 428 g/mol. The number of oxazole rings is 1. The van der Waals surface area contributed by atoms with Gasteiger partial charge in [0.25, 0.3) is 0 Å². The number of rotatable bonds is 11. The van der Waals surface area contributed by atoms with Gasteiger partial charge in [0.2, 0.25) is 11.8 Å². The van der Waals surface area contributed by atoms with Crippen LogP contribution >= 0.6 is 11.8 Å².